The third-order valence-electron chi connectivity index (χ3n) is 26.0. The Kier molecular flexibility index (Phi) is 82.5. The van der Waals surface area contributed by atoms with Gasteiger partial charge in [-0.3, -0.25) is 0 Å². The van der Waals surface area contributed by atoms with E-state index in [4.69, 9.17) is 0 Å². The standard InChI is InChI=1S/C52H84N2.2C30H61.Ni/c1-7-13-19-22-25-28-33-45-38-46(34-29-26-23-20-14-8-2)42-48(41-45)51-49(35-18-12-6)50(36-30-27-24-21-15-9-3)52(54(51)53)47-39-43(31-16-10-4)37-44(40-47)32-17-11-5;2*1-3-5-7-9-11-13-15-17-19-21-23-25-27-29-30-28-26-24-22-20-18-16-14-12-10-8-6-4-2;/h37-42H,7-36H2,1-6H3;2*1,3-30H2,2H3;. The van der Waals surface area contributed by atoms with Crippen molar-refractivity contribution in [2.75, 3.05) is 0 Å². The minimum absolute atomic E-state index is 1.03. The van der Waals surface area contributed by atoms with Crippen LogP contribution in [0.1, 0.15) is 615 Å². The second-order valence-electron chi connectivity index (χ2n) is 37.5. The van der Waals surface area contributed by atoms with E-state index in [1.54, 1.807) is 4.70 Å². The monoisotopic (exact) mass is 1640 g/mol. The molecule has 2 nitrogen and oxygen atoms in total. The summed E-state index contributed by atoms with van der Waals surface area (Å²) < 4.78 is 1.69. The zero-order valence-electron chi connectivity index (χ0n) is 79.9. The fourth-order valence-electron chi connectivity index (χ4n) is 18.3. The first-order chi connectivity index (χ1) is 56.9. The number of rotatable bonds is 90. The molecule has 3 rings (SSSR count). The van der Waals surface area contributed by atoms with Gasteiger partial charge in [-0.05, 0) is 124 Å². The normalized spacial score (nSPS) is 12.5. The van der Waals surface area contributed by atoms with E-state index in [0.29, 0.717) is 0 Å². The summed E-state index contributed by atoms with van der Waals surface area (Å²) in [6.45, 7) is 18.5. The second-order valence-corrected chi connectivity index (χ2v) is 39.0. The van der Waals surface area contributed by atoms with Crippen LogP contribution in [0.3, 0.4) is 0 Å². The van der Waals surface area contributed by atoms with Crippen LogP contribution in [-0.4, -0.2) is 4.70 Å². The number of allylic oxidation sites excluding steroid dienone is 2. The molecule has 2 aromatic carbocycles. The molecular weight excluding hydrogens is 1430 g/mol. The Bertz CT molecular complexity index is 2310. The quantitative estimate of drug-likeness (QED) is 0.0358. The maximum absolute atomic E-state index is 12.7. The molecule has 2 aromatic rings. The molecule has 0 N–H and O–H groups in total. The SMILES string of the molecule is CCCCCCCCC1=C(c2cc(CCCC)cc(CCCC)c2)[N+](=[N-])C(c2cc(CCCCCCCC)cc(CCCCCCCC)c2)=C1CCCC.CCCCCCCCCCCCCCCCCCCCCCCCCCCCC[CH2][Ni][CH2]CCCCCCCCCCCCCCCCCCCCCCCCCCCCC. The average Bonchev–Trinajstić information content (AvgIpc) is 1.60. The zero-order valence-corrected chi connectivity index (χ0v) is 80.9. The van der Waals surface area contributed by atoms with Crippen molar-refractivity contribution in [1.29, 1.82) is 0 Å². The molecule has 1 heterocycles. The molecule has 0 saturated heterocycles. The minimum atomic E-state index is 1.03. The molecule has 0 spiro atoms. The fraction of sp³-hybridized carbons (Fsp3) is 0.857. The third kappa shape index (κ3) is 65.4. The third-order valence-corrected chi connectivity index (χ3v) is 27.4. The van der Waals surface area contributed by atoms with Gasteiger partial charge in [-0.2, -0.15) is 0 Å². The van der Waals surface area contributed by atoms with E-state index < -0.39 is 0 Å². The molecule has 0 aromatic heterocycles. The van der Waals surface area contributed by atoms with Gasteiger partial charge in [-0.1, -0.05) is 401 Å². The van der Waals surface area contributed by atoms with Crippen molar-refractivity contribution in [3.05, 3.63) is 86.5 Å². The number of nitrogens with zero attached hydrogens (tertiary/aromatic N) is 2. The van der Waals surface area contributed by atoms with Gasteiger partial charge in [0.05, 0.1) is 0 Å². The van der Waals surface area contributed by atoms with Crippen LogP contribution in [-0.2, 0) is 40.1 Å². The van der Waals surface area contributed by atoms with E-state index in [1.165, 1.54) is 556 Å². The molecule has 0 unspecified atom stereocenters. The van der Waals surface area contributed by atoms with Crippen molar-refractivity contribution in [2.24, 2.45) is 0 Å². The molecule has 0 atom stereocenters. The van der Waals surface area contributed by atoms with Crippen molar-refractivity contribution in [2.45, 2.75) is 618 Å². The van der Waals surface area contributed by atoms with Crippen LogP contribution in [0.4, 0.5) is 0 Å². The molecule has 115 heavy (non-hydrogen) atoms. The Labute approximate surface area is 730 Å². The van der Waals surface area contributed by atoms with E-state index in [9.17, 15) is 5.53 Å². The van der Waals surface area contributed by atoms with Crippen molar-refractivity contribution >= 4 is 11.4 Å². The van der Waals surface area contributed by atoms with E-state index in [1.807, 2.05) is 0 Å². The van der Waals surface area contributed by atoms with Gasteiger partial charge in [0.15, 0.2) is 0 Å². The summed E-state index contributed by atoms with van der Waals surface area (Å²) in [4.78, 5) is 0. The molecule has 0 amide bonds. The first-order valence-electron chi connectivity index (χ1n) is 53.6. The van der Waals surface area contributed by atoms with Gasteiger partial charge in [-0.25, -0.2) is 4.70 Å². The van der Waals surface area contributed by atoms with Crippen molar-refractivity contribution in [1.82, 2.24) is 0 Å². The summed E-state index contributed by atoms with van der Waals surface area (Å²) in [5.41, 5.74) is 26.0. The van der Waals surface area contributed by atoms with E-state index in [0.717, 1.165) is 62.8 Å². The molecule has 1 aliphatic heterocycles. The summed E-state index contributed by atoms with van der Waals surface area (Å²) in [5, 5.41) is 2.87. The van der Waals surface area contributed by atoms with Crippen molar-refractivity contribution in [3.8, 4) is 0 Å². The Morgan fingerprint density at radius 3 is 0.522 bits per heavy atom. The Morgan fingerprint density at radius 1 is 0.174 bits per heavy atom. The van der Waals surface area contributed by atoms with Gasteiger partial charge in [0.25, 0.3) is 0 Å². The van der Waals surface area contributed by atoms with Crippen LogP contribution >= 0.6 is 0 Å². The van der Waals surface area contributed by atoms with Crippen LogP contribution < -0.4 is 0 Å². The van der Waals surface area contributed by atoms with Crippen LogP contribution in [0.25, 0.3) is 16.9 Å². The molecular formula is C112H206N2Ni. The number of benzene rings is 2. The summed E-state index contributed by atoms with van der Waals surface area (Å²) in [7, 11) is 0. The Morgan fingerprint density at radius 2 is 0.322 bits per heavy atom. The fourth-order valence-corrected chi connectivity index (χ4v) is 19.5. The molecule has 0 fully saturated rings. The zero-order chi connectivity index (χ0) is 82.5. The van der Waals surface area contributed by atoms with Crippen LogP contribution in [0.5, 0.6) is 0 Å². The van der Waals surface area contributed by atoms with Crippen LogP contribution in [0, 0.1) is 0 Å². The molecule has 0 aliphatic carbocycles. The van der Waals surface area contributed by atoms with Gasteiger partial charge in [0.2, 0.25) is 11.4 Å². The van der Waals surface area contributed by atoms with Crippen LogP contribution in [0.2, 0.25) is 10.8 Å². The molecule has 0 radical (unpaired) electrons. The molecule has 1 aliphatic rings. The average molecular weight is 1640 g/mol. The number of aryl methyl sites for hydroxylation is 4. The predicted molar refractivity (Wildman–Crippen MR) is 519 cm³/mol. The predicted octanol–water partition coefficient (Wildman–Crippen LogP) is 41.1. The minimum Gasteiger partial charge on any atom is -0.0654 e. The molecule has 0 bridgehead atoms. The maximum atomic E-state index is 12.7. The summed E-state index contributed by atoms with van der Waals surface area (Å²) in [6, 6.07) is 14.8. The van der Waals surface area contributed by atoms with Crippen molar-refractivity contribution < 1.29 is 19.1 Å². The number of unbranched alkanes of at least 4 members (excludes halogenated alkanes) is 72. The van der Waals surface area contributed by atoms with E-state index >= 15 is 0 Å². The van der Waals surface area contributed by atoms with Crippen LogP contribution in [0.15, 0.2) is 47.5 Å². The van der Waals surface area contributed by atoms with Gasteiger partial charge in [-0.15, -0.1) is 0 Å². The molecule has 674 valence electrons. The Hall–Kier alpha value is -1.99. The van der Waals surface area contributed by atoms with Gasteiger partial charge in [0.1, 0.15) is 0 Å². The second kappa shape index (κ2) is 86.9. The van der Waals surface area contributed by atoms with Gasteiger partial charge in [0, 0.05) is 22.3 Å². The van der Waals surface area contributed by atoms with E-state index in [-0.39, 0.29) is 0 Å². The van der Waals surface area contributed by atoms with Crippen molar-refractivity contribution in [3.63, 3.8) is 0 Å². The number of hydrogen-bond acceptors (Lipinski definition) is 0. The molecule has 3 heteroatoms. The van der Waals surface area contributed by atoms with Gasteiger partial charge >= 0.3 is 166 Å². The smallest absolute Gasteiger partial charge is 0.0654 e. The summed E-state index contributed by atoms with van der Waals surface area (Å²) >= 11 is 2.06. The van der Waals surface area contributed by atoms with Gasteiger partial charge < -0.3 is 5.53 Å². The first-order valence-corrected chi connectivity index (χ1v) is 55.0. The molecule has 0 saturated carbocycles. The Balaban J connectivity index is 0.000000785. The van der Waals surface area contributed by atoms with E-state index in [2.05, 4.69) is 106 Å². The number of hydrogen-bond donors (Lipinski definition) is 0. The summed E-state index contributed by atoms with van der Waals surface area (Å²) in [6.07, 6.45) is 121. The summed E-state index contributed by atoms with van der Waals surface area (Å²) in [5.74, 6) is 0. The first kappa shape index (κ1) is 109. The topological polar surface area (TPSA) is 25.3 Å².